The molecule has 0 saturated carbocycles. The van der Waals surface area contributed by atoms with Gasteiger partial charge in [0.25, 0.3) is 0 Å². The van der Waals surface area contributed by atoms with Crippen molar-refractivity contribution in [2.75, 3.05) is 0 Å². The number of hydrogen-bond donors (Lipinski definition) is 0. The summed E-state index contributed by atoms with van der Waals surface area (Å²) < 4.78 is 41.5. The molecule has 0 aliphatic heterocycles. The predicted molar refractivity (Wildman–Crippen MR) is 107 cm³/mol. The summed E-state index contributed by atoms with van der Waals surface area (Å²) in [6, 6.07) is 19.3. The van der Waals surface area contributed by atoms with Gasteiger partial charge < -0.3 is 4.84 Å². The molecular formula is C21H14BrClF3NO. The van der Waals surface area contributed by atoms with Gasteiger partial charge in [-0.05, 0) is 35.9 Å². The van der Waals surface area contributed by atoms with Crippen molar-refractivity contribution in [2.45, 2.75) is 12.8 Å². The lowest BCUT2D eigenvalue weighted by Gasteiger charge is -2.15. The highest BCUT2D eigenvalue weighted by atomic mass is 79.9. The number of benzene rings is 3. The van der Waals surface area contributed by atoms with Gasteiger partial charge in [-0.3, -0.25) is 0 Å². The largest absolute Gasteiger partial charge is 0.417 e. The van der Waals surface area contributed by atoms with E-state index in [2.05, 4.69) is 21.1 Å². The second-order valence-electron chi connectivity index (χ2n) is 5.89. The number of alkyl halides is 3. The zero-order chi connectivity index (χ0) is 20.1. The molecule has 0 unspecified atom stereocenters. The lowest BCUT2D eigenvalue weighted by Crippen LogP contribution is -2.15. The molecule has 3 aromatic rings. The first-order valence-corrected chi connectivity index (χ1v) is 9.38. The first-order valence-electron chi connectivity index (χ1n) is 8.21. The van der Waals surface area contributed by atoms with Crippen LogP contribution in [0.15, 0.2) is 82.4 Å². The maximum atomic E-state index is 13.5. The van der Waals surface area contributed by atoms with Gasteiger partial charge in [-0.25, -0.2) is 0 Å². The maximum absolute atomic E-state index is 13.5. The number of rotatable bonds is 5. The molecule has 28 heavy (non-hydrogen) atoms. The average Bonchev–Trinajstić information content (AvgIpc) is 2.66. The van der Waals surface area contributed by atoms with Crippen molar-refractivity contribution in [3.05, 3.63) is 105 Å². The molecule has 0 heterocycles. The first-order chi connectivity index (χ1) is 13.3. The van der Waals surface area contributed by atoms with Gasteiger partial charge in [0.1, 0.15) is 12.3 Å². The molecule has 0 fully saturated rings. The first kappa shape index (κ1) is 20.4. The van der Waals surface area contributed by atoms with E-state index in [1.807, 2.05) is 24.3 Å². The minimum Gasteiger partial charge on any atom is -0.390 e. The van der Waals surface area contributed by atoms with Crippen LogP contribution in [0.1, 0.15) is 22.3 Å². The van der Waals surface area contributed by atoms with E-state index in [-0.39, 0.29) is 22.9 Å². The molecule has 144 valence electrons. The highest BCUT2D eigenvalue weighted by molar-refractivity contribution is 9.10. The molecule has 0 atom stereocenters. The third-order valence-corrected chi connectivity index (χ3v) is 4.65. The van der Waals surface area contributed by atoms with Crippen molar-refractivity contribution < 1.29 is 18.0 Å². The summed E-state index contributed by atoms with van der Waals surface area (Å²) in [7, 11) is 0. The molecule has 0 amide bonds. The Kier molecular flexibility index (Phi) is 6.42. The van der Waals surface area contributed by atoms with E-state index in [4.69, 9.17) is 16.4 Å². The molecule has 0 saturated heterocycles. The van der Waals surface area contributed by atoms with Crippen molar-refractivity contribution in [3.8, 4) is 0 Å². The molecule has 7 heteroatoms. The van der Waals surface area contributed by atoms with Crippen LogP contribution in [0.25, 0.3) is 0 Å². The third-order valence-electron chi connectivity index (χ3n) is 3.89. The van der Waals surface area contributed by atoms with E-state index >= 15 is 0 Å². The fourth-order valence-electron chi connectivity index (χ4n) is 2.56. The van der Waals surface area contributed by atoms with Crippen LogP contribution in [-0.2, 0) is 17.6 Å². The molecule has 0 aliphatic rings. The van der Waals surface area contributed by atoms with Gasteiger partial charge in [0.05, 0.1) is 5.56 Å². The molecule has 0 spiro atoms. The van der Waals surface area contributed by atoms with E-state index in [0.717, 1.165) is 16.1 Å². The van der Waals surface area contributed by atoms with Crippen molar-refractivity contribution >= 4 is 33.2 Å². The minimum absolute atomic E-state index is 0.0625. The summed E-state index contributed by atoms with van der Waals surface area (Å²) in [6.45, 7) is 0.117. The van der Waals surface area contributed by atoms with Crippen LogP contribution in [0.3, 0.4) is 0 Å². The normalized spacial score (nSPS) is 12.1. The summed E-state index contributed by atoms with van der Waals surface area (Å²) in [4.78, 5) is 5.40. The van der Waals surface area contributed by atoms with Gasteiger partial charge in [0, 0.05) is 20.6 Å². The summed E-state index contributed by atoms with van der Waals surface area (Å²) in [5.74, 6) is 0. The molecule has 0 aliphatic carbocycles. The quantitative estimate of drug-likeness (QED) is 0.289. The molecule has 0 bridgehead atoms. The Balaban J connectivity index is 2.01. The number of oxime groups is 1. The summed E-state index contributed by atoms with van der Waals surface area (Å²) in [5, 5.41) is 4.22. The molecular weight excluding hydrogens is 455 g/mol. The molecule has 0 aromatic heterocycles. The molecule has 0 radical (unpaired) electrons. The van der Waals surface area contributed by atoms with Crippen molar-refractivity contribution in [2.24, 2.45) is 5.16 Å². The van der Waals surface area contributed by atoms with Crippen LogP contribution in [-0.4, -0.2) is 5.71 Å². The van der Waals surface area contributed by atoms with Crippen molar-refractivity contribution in [1.29, 1.82) is 0 Å². The molecule has 2 nitrogen and oxygen atoms in total. The van der Waals surface area contributed by atoms with Gasteiger partial charge in [0.15, 0.2) is 0 Å². The number of hydrogen-bond acceptors (Lipinski definition) is 2. The van der Waals surface area contributed by atoms with Crippen LogP contribution < -0.4 is 0 Å². The smallest absolute Gasteiger partial charge is 0.390 e. The Morgan fingerprint density at radius 3 is 2.29 bits per heavy atom. The predicted octanol–water partition coefficient (Wildman–Crippen LogP) is 7.09. The average molecular weight is 469 g/mol. The summed E-state index contributed by atoms with van der Waals surface area (Å²) in [5.41, 5.74) is 0.425. The van der Waals surface area contributed by atoms with Crippen LogP contribution in [0.5, 0.6) is 0 Å². The zero-order valence-corrected chi connectivity index (χ0v) is 16.7. The van der Waals surface area contributed by atoms with Gasteiger partial charge in [-0.2, -0.15) is 13.2 Å². The molecule has 0 N–H and O–H groups in total. The van der Waals surface area contributed by atoms with Crippen molar-refractivity contribution in [1.82, 2.24) is 0 Å². The fraction of sp³-hybridized carbons (Fsp3) is 0.0952. The molecule has 3 aromatic carbocycles. The third kappa shape index (κ3) is 5.14. The summed E-state index contributed by atoms with van der Waals surface area (Å²) in [6.07, 6.45) is -4.55. The Labute approximate surface area is 173 Å². The second-order valence-corrected chi connectivity index (χ2v) is 7.25. The lowest BCUT2D eigenvalue weighted by atomic mass is 9.97. The van der Waals surface area contributed by atoms with E-state index in [9.17, 15) is 13.2 Å². The van der Waals surface area contributed by atoms with Crippen molar-refractivity contribution in [3.63, 3.8) is 0 Å². The fourth-order valence-corrected chi connectivity index (χ4v) is 3.00. The van der Waals surface area contributed by atoms with Crippen LogP contribution in [0, 0.1) is 0 Å². The van der Waals surface area contributed by atoms with E-state index in [1.165, 1.54) is 12.1 Å². The van der Waals surface area contributed by atoms with E-state index < -0.39 is 11.7 Å². The van der Waals surface area contributed by atoms with Gasteiger partial charge in [-0.1, -0.05) is 75.2 Å². The standard InChI is InChI=1S/C21H14BrClF3NO/c22-16-8-6-14(7-9-16)13-28-27-20(15-4-2-1-3-5-15)18-12-17(23)10-11-19(18)21(24,25)26/h1-12H,13H2/b27-20+. The summed E-state index contributed by atoms with van der Waals surface area (Å²) >= 11 is 9.32. The van der Waals surface area contributed by atoms with E-state index in [1.54, 1.807) is 30.3 Å². The van der Waals surface area contributed by atoms with Crippen LogP contribution in [0.4, 0.5) is 13.2 Å². The number of halogens is 5. The lowest BCUT2D eigenvalue weighted by molar-refractivity contribution is -0.137. The monoisotopic (exact) mass is 467 g/mol. The minimum atomic E-state index is -4.55. The van der Waals surface area contributed by atoms with Gasteiger partial charge in [-0.15, -0.1) is 0 Å². The van der Waals surface area contributed by atoms with E-state index in [0.29, 0.717) is 5.56 Å². The SMILES string of the molecule is FC(F)(F)c1ccc(Cl)cc1/C(=N/OCc1ccc(Br)cc1)c1ccccc1. The van der Waals surface area contributed by atoms with Crippen LogP contribution in [0.2, 0.25) is 5.02 Å². The molecule has 3 rings (SSSR count). The maximum Gasteiger partial charge on any atom is 0.417 e. The second kappa shape index (κ2) is 8.80. The number of nitrogens with zero attached hydrogens (tertiary/aromatic N) is 1. The Hall–Kier alpha value is -2.31. The van der Waals surface area contributed by atoms with Gasteiger partial charge in [0.2, 0.25) is 0 Å². The Morgan fingerprint density at radius 2 is 1.64 bits per heavy atom. The van der Waals surface area contributed by atoms with Gasteiger partial charge >= 0.3 is 6.18 Å². The highest BCUT2D eigenvalue weighted by Crippen LogP contribution is 2.34. The Bertz CT molecular complexity index is 973. The highest BCUT2D eigenvalue weighted by Gasteiger charge is 2.35. The van der Waals surface area contributed by atoms with Crippen LogP contribution >= 0.6 is 27.5 Å². The topological polar surface area (TPSA) is 21.6 Å². The Morgan fingerprint density at radius 1 is 0.964 bits per heavy atom. The zero-order valence-electron chi connectivity index (χ0n) is 14.4.